The molecule has 0 saturated heterocycles. The van der Waals surface area contributed by atoms with Crippen molar-refractivity contribution >= 4 is 6.29 Å². The second kappa shape index (κ2) is 3.82. The molecule has 1 fully saturated rings. The van der Waals surface area contributed by atoms with E-state index in [1.54, 1.807) is 0 Å². The van der Waals surface area contributed by atoms with Crippen LogP contribution in [0.25, 0.3) is 0 Å². The molecule has 0 spiro atoms. The second-order valence-electron chi connectivity index (χ2n) is 3.91. The molecule has 0 unspecified atom stereocenters. The maximum Gasteiger partial charge on any atom is 0.153 e. The summed E-state index contributed by atoms with van der Waals surface area (Å²) in [5.41, 5.74) is 1.78. The Kier molecular flexibility index (Phi) is 2.53. The Morgan fingerprint density at radius 3 is 2.93 bits per heavy atom. The smallest absolute Gasteiger partial charge is 0.153 e. The third-order valence-corrected chi connectivity index (χ3v) is 2.47. The van der Waals surface area contributed by atoms with E-state index in [1.165, 1.54) is 12.8 Å². The first-order valence-corrected chi connectivity index (χ1v) is 4.98. The van der Waals surface area contributed by atoms with E-state index >= 15 is 0 Å². The average Bonchev–Trinajstić information content (AvgIpc) is 2.98. The van der Waals surface area contributed by atoms with Crippen LogP contribution in [-0.4, -0.2) is 12.9 Å². The number of aldehydes is 1. The van der Waals surface area contributed by atoms with Crippen LogP contribution in [0.2, 0.25) is 0 Å². The van der Waals surface area contributed by atoms with Crippen molar-refractivity contribution in [2.75, 3.05) is 6.61 Å². The lowest BCUT2D eigenvalue weighted by Gasteiger charge is -2.08. The Balaban J connectivity index is 2.11. The minimum absolute atomic E-state index is 0.649. The summed E-state index contributed by atoms with van der Waals surface area (Å²) in [5.74, 6) is 1.45. The standard InChI is InChI=1S/C12H14O2/c1-9-2-5-11(7-13)12(6-9)14-8-10-3-4-10/h2,5-7,10H,3-4,8H2,1H3. The monoisotopic (exact) mass is 190 g/mol. The van der Waals surface area contributed by atoms with E-state index in [2.05, 4.69) is 0 Å². The van der Waals surface area contributed by atoms with Crippen molar-refractivity contribution in [3.05, 3.63) is 29.3 Å². The highest BCUT2D eigenvalue weighted by Gasteiger charge is 2.22. The lowest BCUT2D eigenvalue weighted by Crippen LogP contribution is -2.01. The number of carbonyl (C=O) groups is 1. The molecule has 1 saturated carbocycles. The minimum Gasteiger partial charge on any atom is -0.493 e. The Bertz CT molecular complexity index is 340. The molecule has 2 rings (SSSR count). The van der Waals surface area contributed by atoms with Gasteiger partial charge in [-0.05, 0) is 43.4 Å². The van der Waals surface area contributed by atoms with Gasteiger partial charge >= 0.3 is 0 Å². The molecule has 0 N–H and O–H groups in total. The lowest BCUT2D eigenvalue weighted by molar-refractivity contribution is 0.111. The van der Waals surface area contributed by atoms with E-state index in [-0.39, 0.29) is 0 Å². The number of aryl methyl sites for hydroxylation is 1. The molecule has 1 aliphatic carbocycles. The van der Waals surface area contributed by atoms with Crippen molar-refractivity contribution in [3.8, 4) is 5.75 Å². The SMILES string of the molecule is Cc1ccc(C=O)c(OCC2CC2)c1. The molecule has 0 heterocycles. The first-order chi connectivity index (χ1) is 6.79. The van der Waals surface area contributed by atoms with Gasteiger partial charge in [-0.1, -0.05) is 6.07 Å². The van der Waals surface area contributed by atoms with Crippen molar-refractivity contribution < 1.29 is 9.53 Å². The normalized spacial score (nSPS) is 15.2. The first kappa shape index (κ1) is 9.25. The third kappa shape index (κ3) is 2.13. The molecule has 74 valence electrons. The first-order valence-electron chi connectivity index (χ1n) is 4.98. The molecule has 2 nitrogen and oxygen atoms in total. The Labute approximate surface area is 83.9 Å². The number of benzene rings is 1. The third-order valence-electron chi connectivity index (χ3n) is 2.47. The molecule has 1 aromatic rings. The molecular weight excluding hydrogens is 176 g/mol. The highest BCUT2D eigenvalue weighted by molar-refractivity contribution is 5.79. The van der Waals surface area contributed by atoms with E-state index in [1.807, 2.05) is 25.1 Å². The molecule has 2 heteroatoms. The van der Waals surface area contributed by atoms with Crippen molar-refractivity contribution in [1.29, 1.82) is 0 Å². The fourth-order valence-corrected chi connectivity index (χ4v) is 1.36. The fourth-order valence-electron chi connectivity index (χ4n) is 1.36. The molecule has 14 heavy (non-hydrogen) atoms. The highest BCUT2D eigenvalue weighted by atomic mass is 16.5. The summed E-state index contributed by atoms with van der Waals surface area (Å²) in [6.07, 6.45) is 3.38. The van der Waals surface area contributed by atoms with Gasteiger partial charge in [0.2, 0.25) is 0 Å². The van der Waals surface area contributed by atoms with Gasteiger partial charge in [-0.3, -0.25) is 4.79 Å². The molecule has 0 aromatic heterocycles. The van der Waals surface area contributed by atoms with Crippen LogP contribution in [0.4, 0.5) is 0 Å². The van der Waals surface area contributed by atoms with Crippen molar-refractivity contribution in [1.82, 2.24) is 0 Å². The van der Waals surface area contributed by atoms with Crippen LogP contribution in [0.1, 0.15) is 28.8 Å². The Hall–Kier alpha value is -1.31. The van der Waals surface area contributed by atoms with Gasteiger partial charge in [0, 0.05) is 0 Å². The zero-order valence-electron chi connectivity index (χ0n) is 8.32. The molecule has 0 radical (unpaired) electrons. The Morgan fingerprint density at radius 2 is 2.29 bits per heavy atom. The summed E-state index contributed by atoms with van der Waals surface area (Å²) >= 11 is 0. The fraction of sp³-hybridized carbons (Fsp3) is 0.417. The zero-order chi connectivity index (χ0) is 9.97. The van der Waals surface area contributed by atoms with Crippen LogP contribution < -0.4 is 4.74 Å². The number of hydrogen-bond donors (Lipinski definition) is 0. The molecule has 1 aliphatic rings. The van der Waals surface area contributed by atoms with Crippen LogP contribution >= 0.6 is 0 Å². The average molecular weight is 190 g/mol. The van der Waals surface area contributed by atoms with E-state index in [4.69, 9.17) is 4.74 Å². The summed E-state index contributed by atoms with van der Waals surface area (Å²) in [6.45, 7) is 2.75. The van der Waals surface area contributed by atoms with E-state index in [9.17, 15) is 4.79 Å². The Morgan fingerprint density at radius 1 is 1.50 bits per heavy atom. The minimum atomic E-state index is 0.649. The molecular formula is C12H14O2. The van der Waals surface area contributed by atoms with Crippen LogP contribution in [0.5, 0.6) is 5.75 Å². The maximum absolute atomic E-state index is 10.7. The van der Waals surface area contributed by atoms with Gasteiger partial charge in [-0.15, -0.1) is 0 Å². The van der Waals surface area contributed by atoms with Gasteiger partial charge in [0.05, 0.1) is 12.2 Å². The summed E-state index contributed by atoms with van der Waals surface area (Å²) < 4.78 is 5.60. The van der Waals surface area contributed by atoms with Crippen LogP contribution in [0, 0.1) is 12.8 Å². The van der Waals surface area contributed by atoms with Crippen molar-refractivity contribution in [2.24, 2.45) is 5.92 Å². The van der Waals surface area contributed by atoms with E-state index < -0.39 is 0 Å². The van der Waals surface area contributed by atoms with Gasteiger partial charge in [0.15, 0.2) is 6.29 Å². The predicted octanol–water partition coefficient (Wildman–Crippen LogP) is 2.60. The molecule has 0 aliphatic heterocycles. The van der Waals surface area contributed by atoms with E-state index in [0.717, 1.165) is 30.1 Å². The number of rotatable bonds is 4. The number of hydrogen-bond acceptors (Lipinski definition) is 2. The number of carbonyl (C=O) groups excluding carboxylic acids is 1. The highest BCUT2D eigenvalue weighted by Crippen LogP contribution is 2.30. The summed E-state index contributed by atoms with van der Waals surface area (Å²) in [6, 6.07) is 5.66. The summed E-state index contributed by atoms with van der Waals surface area (Å²) in [7, 11) is 0. The lowest BCUT2D eigenvalue weighted by atomic mass is 10.1. The van der Waals surface area contributed by atoms with Gasteiger partial charge in [-0.2, -0.15) is 0 Å². The summed E-state index contributed by atoms with van der Waals surface area (Å²) in [5, 5.41) is 0. The van der Waals surface area contributed by atoms with Gasteiger partial charge in [-0.25, -0.2) is 0 Å². The van der Waals surface area contributed by atoms with Crippen LogP contribution in [-0.2, 0) is 0 Å². The second-order valence-corrected chi connectivity index (χ2v) is 3.91. The molecule has 0 amide bonds. The van der Waals surface area contributed by atoms with Gasteiger partial charge < -0.3 is 4.74 Å². The van der Waals surface area contributed by atoms with Gasteiger partial charge in [0.25, 0.3) is 0 Å². The summed E-state index contributed by atoms with van der Waals surface area (Å²) in [4.78, 5) is 10.7. The zero-order valence-corrected chi connectivity index (χ0v) is 8.32. The van der Waals surface area contributed by atoms with Crippen LogP contribution in [0.15, 0.2) is 18.2 Å². The van der Waals surface area contributed by atoms with Crippen molar-refractivity contribution in [2.45, 2.75) is 19.8 Å². The maximum atomic E-state index is 10.7. The number of ether oxygens (including phenoxy) is 1. The molecule has 1 aromatic carbocycles. The van der Waals surface area contributed by atoms with E-state index in [0.29, 0.717) is 5.56 Å². The molecule has 0 atom stereocenters. The quantitative estimate of drug-likeness (QED) is 0.682. The van der Waals surface area contributed by atoms with Crippen molar-refractivity contribution in [3.63, 3.8) is 0 Å². The predicted molar refractivity (Wildman–Crippen MR) is 54.8 cm³/mol. The van der Waals surface area contributed by atoms with Gasteiger partial charge in [0.1, 0.15) is 5.75 Å². The topological polar surface area (TPSA) is 26.3 Å². The largest absolute Gasteiger partial charge is 0.493 e. The van der Waals surface area contributed by atoms with Crippen LogP contribution in [0.3, 0.4) is 0 Å². The molecule has 0 bridgehead atoms.